The number of hydrogen-bond donors (Lipinski definition) is 1. The number of nitrogens with one attached hydrogen (secondary N) is 1. The van der Waals surface area contributed by atoms with Crippen molar-refractivity contribution in [2.45, 2.75) is 43.8 Å². The molecule has 2 saturated heterocycles. The van der Waals surface area contributed by atoms with Gasteiger partial charge in [-0.15, -0.1) is 0 Å². The quantitative estimate of drug-likeness (QED) is 0.809. The van der Waals surface area contributed by atoms with Crippen molar-refractivity contribution < 1.29 is 9.59 Å². The lowest BCUT2D eigenvalue weighted by atomic mass is 10.2. The summed E-state index contributed by atoms with van der Waals surface area (Å²) in [6.45, 7) is 1.39. The van der Waals surface area contributed by atoms with E-state index in [4.69, 9.17) is 5.26 Å². The van der Waals surface area contributed by atoms with E-state index in [1.54, 1.807) is 4.90 Å². The smallest absolute Gasteiger partial charge is 0.237 e. The molecule has 138 valence electrons. The average molecular weight is 364 g/mol. The third kappa shape index (κ3) is 2.53. The van der Waals surface area contributed by atoms with Gasteiger partial charge in [0.1, 0.15) is 17.9 Å². The van der Waals surface area contributed by atoms with Gasteiger partial charge in [-0.1, -0.05) is 0 Å². The SMILES string of the molecule is N#CCC(=O)N1C[C@@H]2C[C@H]1CN2c1cc(N(C=O)C2CC2)nc2[nH]ccc12. The molecule has 3 fully saturated rings. The largest absolute Gasteiger partial charge is 0.364 e. The summed E-state index contributed by atoms with van der Waals surface area (Å²) in [5.74, 6) is 0.602. The van der Waals surface area contributed by atoms with Crippen LogP contribution in [-0.2, 0) is 9.59 Å². The van der Waals surface area contributed by atoms with Gasteiger partial charge in [0.15, 0.2) is 0 Å². The summed E-state index contributed by atoms with van der Waals surface area (Å²) in [7, 11) is 0. The Balaban J connectivity index is 1.48. The zero-order valence-electron chi connectivity index (χ0n) is 14.8. The second kappa shape index (κ2) is 5.98. The molecule has 5 rings (SSSR count). The lowest BCUT2D eigenvalue weighted by molar-refractivity contribution is -0.131. The normalized spacial score (nSPS) is 23.7. The molecule has 0 aromatic carbocycles. The lowest BCUT2D eigenvalue weighted by Gasteiger charge is -2.36. The monoisotopic (exact) mass is 364 g/mol. The van der Waals surface area contributed by atoms with Gasteiger partial charge < -0.3 is 14.8 Å². The van der Waals surface area contributed by atoms with Gasteiger partial charge in [-0.3, -0.25) is 14.5 Å². The van der Waals surface area contributed by atoms with Crippen LogP contribution in [0.2, 0.25) is 0 Å². The Morgan fingerprint density at radius 1 is 1.41 bits per heavy atom. The van der Waals surface area contributed by atoms with Gasteiger partial charge in [-0.2, -0.15) is 5.26 Å². The van der Waals surface area contributed by atoms with Gasteiger partial charge in [0.2, 0.25) is 12.3 Å². The van der Waals surface area contributed by atoms with Crippen molar-refractivity contribution in [3.63, 3.8) is 0 Å². The van der Waals surface area contributed by atoms with Crippen molar-refractivity contribution in [2.75, 3.05) is 22.9 Å². The van der Waals surface area contributed by atoms with E-state index in [1.807, 2.05) is 29.3 Å². The predicted molar refractivity (Wildman–Crippen MR) is 99.1 cm³/mol. The number of nitrogens with zero attached hydrogens (tertiary/aromatic N) is 5. The summed E-state index contributed by atoms with van der Waals surface area (Å²) in [5, 5.41) is 9.83. The number of rotatable bonds is 5. The van der Waals surface area contributed by atoms with Crippen LogP contribution in [0.25, 0.3) is 11.0 Å². The molecule has 0 spiro atoms. The zero-order chi connectivity index (χ0) is 18.5. The van der Waals surface area contributed by atoms with Gasteiger partial charge in [-0.25, -0.2) is 4.98 Å². The highest BCUT2D eigenvalue weighted by Gasteiger charge is 2.45. The summed E-state index contributed by atoms with van der Waals surface area (Å²) < 4.78 is 0. The summed E-state index contributed by atoms with van der Waals surface area (Å²) in [6, 6.07) is 6.60. The molecule has 8 nitrogen and oxygen atoms in total. The van der Waals surface area contributed by atoms with Crippen LogP contribution >= 0.6 is 0 Å². The summed E-state index contributed by atoms with van der Waals surface area (Å²) in [6.07, 6.45) is 5.63. The molecule has 4 heterocycles. The maximum absolute atomic E-state index is 12.1. The maximum Gasteiger partial charge on any atom is 0.237 e. The molecule has 1 aliphatic carbocycles. The minimum absolute atomic E-state index is 0.0552. The lowest BCUT2D eigenvalue weighted by Crippen LogP contribution is -2.48. The van der Waals surface area contributed by atoms with Gasteiger partial charge in [0, 0.05) is 42.8 Å². The van der Waals surface area contributed by atoms with E-state index in [-0.39, 0.29) is 30.5 Å². The van der Waals surface area contributed by atoms with Crippen LogP contribution in [0.1, 0.15) is 25.7 Å². The van der Waals surface area contributed by atoms with Crippen molar-refractivity contribution in [3.05, 3.63) is 18.3 Å². The molecular weight excluding hydrogens is 344 g/mol. The molecule has 2 bridgehead atoms. The Bertz CT molecular complexity index is 959. The number of fused-ring (bicyclic) bond motifs is 3. The number of H-pyrrole nitrogens is 1. The van der Waals surface area contributed by atoms with E-state index in [9.17, 15) is 9.59 Å². The number of pyridine rings is 1. The molecule has 3 aliphatic rings. The molecule has 8 heteroatoms. The number of anilines is 2. The first-order valence-electron chi connectivity index (χ1n) is 9.34. The standard InChI is InChI=1S/C19H20N6O2/c20-5-3-18(27)24-10-13-7-14(24)9-23(13)16-8-17(25(11-26)12-1-2-12)22-19-15(16)4-6-21-19/h4,6,8,11-14H,1-3,7,9-10H2,(H,21,22)/t13-,14-/m0/s1. The Labute approximate surface area is 156 Å². The van der Waals surface area contributed by atoms with Crippen molar-refractivity contribution in [1.82, 2.24) is 14.9 Å². The number of aromatic amines is 1. The third-order valence-electron chi connectivity index (χ3n) is 5.91. The molecule has 1 saturated carbocycles. The van der Waals surface area contributed by atoms with Gasteiger partial charge in [-0.05, 0) is 25.3 Å². The minimum Gasteiger partial charge on any atom is -0.364 e. The number of carbonyl (C=O) groups is 2. The van der Waals surface area contributed by atoms with Crippen LogP contribution in [0, 0.1) is 11.3 Å². The second-order valence-corrected chi connectivity index (χ2v) is 7.56. The molecule has 2 amide bonds. The molecule has 1 N–H and O–H groups in total. The van der Waals surface area contributed by atoms with Crippen molar-refractivity contribution >= 4 is 34.9 Å². The molecule has 2 aliphatic heterocycles. The highest BCUT2D eigenvalue weighted by Crippen LogP contribution is 2.40. The number of carbonyl (C=O) groups excluding carboxylic acids is 2. The van der Waals surface area contributed by atoms with Crippen LogP contribution in [-0.4, -0.2) is 58.4 Å². The molecule has 27 heavy (non-hydrogen) atoms. The van der Waals surface area contributed by atoms with Crippen LogP contribution in [0.15, 0.2) is 18.3 Å². The van der Waals surface area contributed by atoms with E-state index in [0.29, 0.717) is 12.4 Å². The topological polar surface area (TPSA) is 96.3 Å². The number of hydrogen-bond acceptors (Lipinski definition) is 5. The number of nitriles is 1. The molecular formula is C19H20N6O2. The highest BCUT2D eigenvalue weighted by atomic mass is 16.2. The number of likely N-dealkylation sites (tertiary alicyclic amines) is 1. The number of piperazine rings is 1. The molecule has 0 radical (unpaired) electrons. The van der Waals surface area contributed by atoms with Crippen LogP contribution in [0.4, 0.5) is 11.5 Å². The summed E-state index contributed by atoms with van der Waals surface area (Å²) in [4.78, 5) is 37.4. The average Bonchev–Trinajstić information content (AvgIpc) is 3.08. The molecule has 2 aromatic rings. The van der Waals surface area contributed by atoms with E-state index < -0.39 is 0 Å². The predicted octanol–water partition coefficient (Wildman–Crippen LogP) is 1.39. The first kappa shape index (κ1) is 16.1. The Morgan fingerprint density at radius 2 is 2.26 bits per heavy atom. The number of amides is 2. The fourth-order valence-corrected chi connectivity index (χ4v) is 4.49. The van der Waals surface area contributed by atoms with Crippen LogP contribution in [0.5, 0.6) is 0 Å². The Kier molecular flexibility index (Phi) is 3.57. The van der Waals surface area contributed by atoms with E-state index >= 15 is 0 Å². The summed E-state index contributed by atoms with van der Waals surface area (Å²) >= 11 is 0. The third-order valence-corrected chi connectivity index (χ3v) is 5.91. The van der Waals surface area contributed by atoms with Gasteiger partial charge >= 0.3 is 0 Å². The van der Waals surface area contributed by atoms with E-state index in [2.05, 4.69) is 14.9 Å². The van der Waals surface area contributed by atoms with E-state index in [1.165, 1.54) is 0 Å². The zero-order valence-corrected chi connectivity index (χ0v) is 14.8. The van der Waals surface area contributed by atoms with Crippen molar-refractivity contribution in [2.24, 2.45) is 0 Å². The van der Waals surface area contributed by atoms with Crippen molar-refractivity contribution in [1.29, 1.82) is 5.26 Å². The maximum atomic E-state index is 12.1. The van der Waals surface area contributed by atoms with Crippen LogP contribution < -0.4 is 9.80 Å². The first-order valence-corrected chi connectivity index (χ1v) is 9.34. The highest BCUT2D eigenvalue weighted by molar-refractivity contribution is 5.94. The first-order chi connectivity index (χ1) is 13.2. The fraction of sp³-hybridized carbons (Fsp3) is 0.474. The van der Waals surface area contributed by atoms with E-state index in [0.717, 1.165) is 48.9 Å². The minimum atomic E-state index is -0.0762. The van der Waals surface area contributed by atoms with Crippen molar-refractivity contribution in [3.8, 4) is 6.07 Å². The molecule has 0 unspecified atom stereocenters. The Morgan fingerprint density at radius 3 is 2.93 bits per heavy atom. The fourth-order valence-electron chi connectivity index (χ4n) is 4.49. The Hall–Kier alpha value is -3.08. The second-order valence-electron chi connectivity index (χ2n) is 7.56. The molecule has 2 aromatic heterocycles. The number of aromatic nitrogens is 2. The van der Waals surface area contributed by atoms with Gasteiger partial charge in [0.05, 0.1) is 17.8 Å². The van der Waals surface area contributed by atoms with Gasteiger partial charge in [0.25, 0.3) is 0 Å². The molecule has 2 atom stereocenters. The van der Waals surface area contributed by atoms with Crippen LogP contribution in [0.3, 0.4) is 0 Å². The summed E-state index contributed by atoms with van der Waals surface area (Å²) in [5.41, 5.74) is 1.83.